The minimum atomic E-state index is -0.250. The molecule has 0 aliphatic carbocycles. The molecule has 1 amide bonds. The van der Waals surface area contributed by atoms with Gasteiger partial charge in [-0.2, -0.15) is 10.2 Å². The lowest BCUT2D eigenvalue weighted by Gasteiger charge is -2.08. The maximum atomic E-state index is 12.6. The Kier molecular flexibility index (Phi) is 5.07. The van der Waals surface area contributed by atoms with E-state index in [0.29, 0.717) is 17.0 Å². The first kappa shape index (κ1) is 18.4. The molecule has 1 aromatic carbocycles. The third kappa shape index (κ3) is 3.86. The number of aromatic nitrogens is 4. The molecule has 0 unspecified atom stereocenters. The molecule has 0 atom stereocenters. The molecule has 0 saturated heterocycles. The van der Waals surface area contributed by atoms with Crippen LogP contribution in [0.25, 0.3) is 17.1 Å². The van der Waals surface area contributed by atoms with Gasteiger partial charge in [0.1, 0.15) is 5.69 Å². The van der Waals surface area contributed by atoms with E-state index in [0.717, 1.165) is 11.4 Å². The van der Waals surface area contributed by atoms with Crippen LogP contribution in [0.5, 0.6) is 0 Å². The number of hydrogen-bond donors (Lipinski definition) is 1. The van der Waals surface area contributed by atoms with Crippen LogP contribution in [-0.4, -0.2) is 32.0 Å². The first-order valence-electron chi connectivity index (χ1n) is 9.14. The number of rotatable bonds is 6. The van der Waals surface area contributed by atoms with Crippen molar-refractivity contribution in [2.75, 3.05) is 6.54 Å². The van der Waals surface area contributed by atoms with E-state index in [1.807, 2.05) is 37.3 Å². The Hall–Kier alpha value is -3.94. The topological polar surface area (TPSA) is 94.9 Å². The lowest BCUT2D eigenvalue weighted by Crippen LogP contribution is -2.32. The largest absolute Gasteiger partial charge is 0.463 e. The molecule has 0 bridgehead atoms. The highest BCUT2D eigenvalue weighted by molar-refractivity contribution is 5.95. The molecule has 8 nitrogen and oxygen atoms in total. The molecule has 4 aromatic rings. The summed E-state index contributed by atoms with van der Waals surface area (Å²) in [4.78, 5) is 24.6. The minimum Gasteiger partial charge on any atom is -0.463 e. The van der Waals surface area contributed by atoms with E-state index >= 15 is 0 Å². The number of furan rings is 1. The first-order valence-corrected chi connectivity index (χ1v) is 9.14. The van der Waals surface area contributed by atoms with Crippen LogP contribution in [0.15, 0.2) is 76.3 Å². The Morgan fingerprint density at radius 2 is 1.93 bits per heavy atom. The summed E-state index contributed by atoms with van der Waals surface area (Å²) in [7, 11) is 0. The highest BCUT2D eigenvalue weighted by Crippen LogP contribution is 2.15. The van der Waals surface area contributed by atoms with Crippen LogP contribution in [0.2, 0.25) is 0 Å². The molecular formula is C21H19N5O3. The van der Waals surface area contributed by atoms with E-state index in [9.17, 15) is 9.59 Å². The maximum Gasteiger partial charge on any atom is 0.266 e. The van der Waals surface area contributed by atoms with E-state index in [1.54, 1.807) is 35.3 Å². The van der Waals surface area contributed by atoms with Crippen LogP contribution >= 0.6 is 0 Å². The number of para-hydroxylation sites is 1. The molecule has 0 fully saturated rings. The zero-order chi connectivity index (χ0) is 20.2. The van der Waals surface area contributed by atoms with Crippen molar-refractivity contribution < 1.29 is 9.21 Å². The fourth-order valence-electron chi connectivity index (χ4n) is 3.00. The normalized spacial score (nSPS) is 10.8. The van der Waals surface area contributed by atoms with Gasteiger partial charge < -0.3 is 9.73 Å². The third-order valence-electron chi connectivity index (χ3n) is 4.50. The molecule has 3 aromatic heterocycles. The quantitative estimate of drug-likeness (QED) is 0.546. The van der Waals surface area contributed by atoms with E-state index < -0.39 is 0 Å². The predicted molar refractivity (Wildman–Crippen MR) is 107 cm³/mol. The monoisotopic (exact) mass is 389 g/mol. The lowest BCUT2D eigenvalue weighted by atomic mass is 10.2. The second kappa shape index (κ2) is 7.97. The summed E-state index contributed by atoms with van der Waals surface area (Å²) in [6.07, 6.45) is 3.09. The second-order valence-electron chi connectivity index (χ2n) is 6.40. The molecule has 8 heteroatoms. The molecule has 4 rings (SSSR count). The summed E-state index contributed by atoms with van der Waals surface area (Å²) in [6.45, 7) is 2.34. The van der Waals surface area contributed by atoms with Crippen molar-refractivity contribution in [3.8, 4) is 17.1 Å². The summed E-state index contributed by atoms with van der Waals surface area (Å²) in [5, 5.41) is 11.4. The van der Waals surface area contributed by atoms with Gasteiger partial charge in [0, 0.05) is 12.6 Å². The zero-order valence-electron chi connectivity index (χ0n) is 15.8. The Balaban J connectivity index is 1.43. The highest BCUT2D eigenvalue weighted by atomic mass is 16.3. The van der Waals surface area contributed by atoms with Gasteiger partial charge in [-0.3, -0.25) is 9.59 Å². The average Bonchev–Trinajstić information content (AvgIpc) is 3.40. The molecule has 1 N–H and O–H groups in total. The van der Waals surface area contributed by atoms with Crippen LogP contribution in [0.1, 0.15) is 16.1 Å². The van der Waals surface area contributed by atoms with E-state index in [2.05, 4.69) is 15.5 Å². The Morgan fingerprint density at radius 3 is 2.69 bits per heavy atom. The van der Waals surface area contributed by atoms with Crippen molar-refractivity contribution in [3.63, 3.8) is 0 Å². The highest BCUT2D eigenvalue weighted by Gasteiger charge is 2.15. The molecule has 0 spiro atoms. The van der Waals surface area contributed by atoms with Gasteiger partial charge in [0.15, 0.2) is 5.76 Å². The molecule has 3 heterocycles. The molecule has 146 valence electrons. The van der Waals surface area contributed by atoms with Crippen molar-refractivity contribution >= 4 is 5.91 Å². The third-order valence-corrected chi connectivity index (χ3v) is 4.50. The number of amides is 1. The SMILES string of the molecule is Cc1c(C(=O)NCCn2nc(-c3ccco3)ccc2=O)cnn1-c1ccccc1. The summed E-state index contributed by atoms with van der Waals surface area (Å²) in [5.74, 6) is 0.326. The van der Waals surface area contributed by atoms with Crippen LogP contribution in [0.4, 0.5) is 0 Å². The Morgan fingerprint density at radius 1 is 1.10 bits per heavy atom. The number of benzene rings is 1. The summed E-state index contributed by atoms with van der Waals surface area (Å²) < 4.78 is 8.33. The molecule has 29 heavy (non-hydrogen) atoms. The Bertz CT molecular complexity index is 1180. The number of nitrogens with zero attached hydrogens (tertiary/aromatic N) is 4. The summed E-state index contributed by atoms with van der Waals surface area (Å²) >= 11 is 0. The van der Waals surface area contributed by atoms with Crippen LogP contribution in [-0.2, 0) is 6.54 Å². The van der Waals surface area contributed by atoms with Gasteiger partial charge in [-0.1, -0.05) is 18.2 Å². The predicted octanol–water partition coefficient (Wildman–Crippen LogP) is 2.43. The smallest absolute Gasteiger partial charge is 0.266 e. The van der Waals surface area contributed by atoms with Crippen molar-refractivity contribution in [2.45, 2.75) is 13.5 Å². The average molecular weight is 389 g/mol. The van der Waals surface area contributed by atoms with E-state index in [4.69, 9.17) is 4.42 Å². The van der Waals surface area contributed by atoms with Crippen LogP contribution < -0.4 is 10.9 Å². The molecule has 0 radical (unpaired) electrons. The molecule has 0 saturated carbocycles. The van der Waals surface area contributed by atoms with Gasteiger partial charge in [-0.05, 0) is 37.3 Å². The number of carbonyl (C=O) groups is 1. The number of hydrogen-bond acceptors (Lipinski definition) is 5. The van der Waals surface area contributed by atoms with Crippen molar-refractivity contribution in [3.05, 3.63) is 88.7 Å². The van der Waals surface area contributed by atoms with Crippen molar-refractivity contribution in [1.29, 1.82) is 0 Å². The van der Waals surface area contributed by atoms with Gasteiger partial charge in [0.05, 0.1) is 35.9 Å². The maximum absolute atomic E-state index is 12.6. The van der Waals surface area contributed by atoms with E-state index in [1.165, 1.54) is 10.7 Å². The van der Waals surface area contributed by atoms with Gasteiger partial charge in [0.2, 0.25) is 0 Å². The van der Waals surface area contributed by atoms with Crippen molar-refractivity contribution in [2.24, 2.45) is 0 Å². The van der Waals surface area contributed by atoms with Crippen molar-refractivity contribution in [1.82, 2.24) is 24.9 Å². The van der Waals surface area contributed by atoms with Gasteiger partial charge in [0.25, 0.3) is 11.5 Å². The standard InChI is InChI=1S/C21H19N5O3/c1-15-17(14-23-26(15)16-6-3-2-4-7-16)21(28)22-11-12-25-20(27)10-9-18(24-25)19-8-5-13-29-19/h2-10,13-14H,11-12H2,1H3,(H,22,28). The van der Waals surface area contributed by atoms with Crippen LogP contribution in [0, 0.1) is 6.92 Å². The summed E-state index contributed by atoms with van der Waals surface area (Å²) in [6, 6.07) is 16.2. The number of nitrogens with one attached hydrogen (secondary N) is 1. The number of carbonyl (C=O) groups excluding carboxylic acids is 1. The molecule has 0 aliphatic heterocycles. The van der Waals surface area contributed by atoms with Gasteiger partial charge in [-0.25, -0.2) is 9.36 Å². The van der Waals surface area contributed by atoms with E-state index in [-0.39, 0.29) is 24.6 Å². The molecule has 0 aliphatic rings. The second-order valence-corrected chi connectivity index (χ2v) is 6.40. The van der Waals surface area contributed by atoms with Crippen LogP contribution in [0.3, 0.4) is 0 Å². The first-order chi connectivity index (χ1) is 14.1. The summed E-state index contributed by atoms with van der Waals surface area (Å²) in [5.41, 5.74) is 2.42. The fourth-order valence-corrected chi connectivity index (χ4v) is 3.00. The lowest BCUT2D eigenvalue weighted by molar-refractivity contribution is 0.0951. The van der Waals surface area contributed by atoms with Gasteiger partial charge >= 0.3 is 0 Å². The Labute approximate surface area is 166 Å². The molecular weight excluding hydrogens is 370 g/mol. The zero-order valence-corrected chi connectivity index (χ0v) is 15.8. The minimum absolute atomic E-state index is 0.241. The fraction of sp³-hybridized carbons (Fsp3) is 0.143. The van der Waals surface area contributed by atoms with Gasteiger partial charge in [-0.15, -0.1) is 0 Å².